The first kappa shape index (κ1) is 15.7. The Labute approximate surface area is 126 Å². The molecule has 0 aliphatic rings. The monoisotopic (exact) mass is 289 g/mol. The zero-order valence-corrected chi connectivity index (χ0v) is 13.1. The van der Waals surface area contributed by atoms with Crippen molar-refractivity contribution in [2.24, 2.45) is 0 Å². The van der Waals surface area contributed by atoms with Gasteiger partial charge in [-0.25, -0.2) is 4.39 Å². The molecule has 1 aromatic carbocycles. The molecule has 0 saturated carbocycles. The Morgan fingerprint density at radius 3 is 2.52 bits per heavy atom. The van der Waals surface area contributed by atoms with Gasteiger partial charge in [0.2, 0.25) is 0 Å². The van der Waals surface area contributed by atoms with Gasteiger partial charge in [-0.05, 0) is 63.0 Å². The van der Waals surface area contributed by atoms with E-state index in [9.17, 15) is 4.39 Å². The van der Waals surface area contributed by atoms with E-state index in [0.717, 1.165) is 37.2 Å². The molecule has 0 radical (unpaired) electrons. The molecule has 0 amide bonds. The van der Waals surface area contributed by atoms with E-state index < -0.39 is 0 Å². The standard InChI is InChI=1S/C17H24FN3/c1-4-10-19-11-9-17-13(2)20-21(14(17)3)12-15-5-7-16(18)8-6-15/h5-8,19H,4,9-12H2,1-3H3. The lowest BCUT2D eigenvalue weighted by molar-refractivity contribution is 0.622. The van der Waals surface area contributed by atoms with Crippen molar-refractivity contribution in [3.63, 3.8) is 0 Å². The number of aromatic nitrogens is 2. The van der Waals surface area contributed by atoms with Crippen LogP contribution in [0.15, 0.2) is 24.3 Å². The second-order valence-corrected chi connectivity index (χ2v) is 5.43. The number of rotatable bonds is 7. The van der Waals surface area contributed by atoms with E-state index in [1.54, 1.807) is 0 Å². The lowest BCUT2D eigenvalue weighted by Crippen LogP contribution is -2.18. The van der Waals surface area contributed by atoms with Crippen LogP contribution < -0.4 is 5.32 Å². The molecule has 0 atom stereocenters. The minimum Gasteiger partial charge on any atom is -0.316 e. The van der Waals surface area contributed by atoms with Crippen molar-refractivity contribution in [2.75, 3.05) is 13.1 Å². The normalized spacial score (nSPS) is 11.0. The molecule has 2 rings (SSSR count). The molecule has 1 N–H and O–H groups in total. The third kappa shape index (κ3) is 4.14. The molecule has 1 heterocycles. The predicted molar refractivity (Wildman–Crippen MR) is 84.1 cm³/mol. The maximum absolute atomic E-state index is 12.9. The van der Waals surface area contributed by atoms with Gasteiger partial charge in [-0.15, -0.1) is 0 Å². The average molecular weight is 289 g/mol. The molecule has 114 valence electrons. The highest BCUT2D eigenvalue weighted by Crippen LogP contribution is 2.15. The molecule has 0 unspecified atom stereocenters. The third-order valence-electron chi connectivity index (χ3n) is 3.76. The van der Waals surface area contributed by atoms with E-state index in [1.807, 2.05) is 16.8 Å². The van der Waals surface area contributed by atoms with Crippen LogP contribution in [0, 0.1) is 19.7 Å². The van der Waals surface area contributed by atoms with Crippen LogP contribution >= 0.6 is 0 Å². The maximum Gasteiger partial charge on any atom is 0.123 e. The molecule has 0 spiro atoms. The highest BCUT2D eigenvalue weighted by atomic mass is 19.1. The van der Waals surface area contributed by atoms with E-state index in [-0.39, 0.29) is 5.82 Å². The van der Waals surface area contributed by atoms with Crippen molar-refractivity contribution in [1.29, 1.82) is 0 Å². The Morgan fingerprint density at radius 1 is 1.14 bits per heavy atom. The number of nitrogens with one attached hydrogen (secondary N) is 1. The fraction of sp³-hybridized carbons (Fsp3) is 0.471. The number of benzene rings is 1. The van der Waals surface area contributed by atoms with Crippen molar-refractivity contribution in [2.45, 2.75) is 40.2 Å². The number of nitrogens with zero attached hydrogens (tertiary/aromatic N) is 2. The number of aryl methyl sites for hydroxylation is 1. The largest absolute Gasteiger partial charge is 0.316 e. The third-order valence-corrected chi connectivity index (χ3v) is 3.76. The highest BCUT2D eigenvalue weighted by Gasteiger charge is 2.11. The van der Waals surface area contributed by atoms with Gasteiger partial charge in [-0.1, -0.05) is 19.1 Å². The molecule has 21 heavy (non-hydrogen) atoms. The topological polar surface area (TPSA) is 29.9 Å². The lowest BCUT2D eigenvalue weighted by atomic mass is 10.1. The van der Waals surface area contributed by atoms with Crippen LogP contribution in [0.5, 0.6) is 0 Å². The molecule has 0 aliphatic heterocycles. The van der Waals surface area contributed by atoms with Crippen molar-refractivity contribution < 1.29 is 4.39 Å². The summed E-state index contributed by atoms with van der Waals surface area (Å²) in [4.78, 5) is 0. The molecule has 0 saturated heterocycles. The van der Waals surface area contributed by atoms with Crippen LogP contribution in [0.2, 0.25) is 0 Å². The Bertz CT molecular complexity index is 572. The average Bonchev–Trinajstić information content (AvgIpc) is 2.73. The molecular weight excluding hydrogens is 265 g/mol. The molecule has 2 aromatic rings. The van der Waals surface area contributed by atoms with Gasteiger partial charge in [0.25, 0.3) is 0 Å². The Kier molecular flexibility index (Phi) is 5.51. The highest BCUT2D eigenvalue weighted by molar-refractivity contribution is 5.26. The van der Waals surface area contributed by atoms with E-state index >= 15 is 0 Å². The van der Waals surface area contributed by atoms with Gasteiger partial charge in [-0.3, -0.25) is 4.68 Å². The van der Waals surface area contributed by atoms with Crippen molar-refractivity contribution >= 4 is 0 Å². The fourth-order valence-electron chi connectivity index (χ4n) is 2.53. The first-order valence-electron chi connectivity index (χ1n) is 7.60. The van der Waals surface area contributed by atoms with E-state index in [0.29, 0.717) is 6.54 Å². The zero-order valence-electron chi connectivity index (χ0n) is 13.1. The van der Waals surface area contributed by atoms with Crippen LogP contribution in [-0.4, -0.2) is 22.9 Å². The summed E-state index contributed by atoms with van der Waals surface area (Å²) in [7, 11) is 0. The number of halogens is 1. The van der Waals surface area contributed by atoms with Crippen molar-refractivity contribution in [3.05, 3.63) is 52.6 Å². The van der Waals surface area contributed by atoms with Crippen LogP contribution in [0.25, 0.3) is 0 Å². The summed E-state index contributed by atoms with van der Waals surface area (Å²) in [5.41, 5.74) is 4.68. The summed E-state index contributed by atoms with van der Waals surface area (Å²) >= 11 is 0. The van der Waals surface area contributed by atoms with Gasteiger partial charge in [0, 0.05) is 5.69 Å². The van der Waals surface area contributed by atoms with Crippen LogP contribution in [-0.2, 0) is 13.0 Å². The number of hydrogen-bond acceptors (Lipinski definition) is 2. The van der Waals surface area contributed by atoms with Gasteiger partial charge >= 0.3 is 0 Å². The van der Waals surface area contributed by atoms with Gasteiger partial charge in [0.15, 0.2) is 0 Å². The number of hydrogen-bond donors (Lipinski definition) is 1. The summed E-state index contributed by atoms with van der Waals surface area (Å²) in [5, 5.41) is 8.05. The maximum atomic E-state index is 12.9. The zero-order chi connectivity index (χ0) is 15.2. The minimum atomic E-state index is -0.199. The van der Waals surface area contributed by atoms with Gasteiger partial charge in [0.1, 0.15) is 5.82 Å². The molecule has 0 aliphatic carbocycles. The first-order chi connectivity index (χ1) is 10.1. The van der Waals surface area contributed by atoms with E-state index in [2.05, 4.69) is 31.2 Å². The SMILES string of the molecule is CCCNCCc1c(C)nn(Cc2ccc(F)cc2)c1C. The molecule has 0 bridgehead atoms. The molecule has 3 nitrogen and oxygen atoms in total. The Balaban J connectivity index is 2.05. The van der Waals surface area contributed by atoms with Gasteiger partial charge < -0.3 is 5.32 Å². The summed E-state index contributed by atoms with van der Waals surface area (Å²) < 4.78 is 15.0. The Hall–Kier alpha value is -1.68. The van der Waals surface area contributed by atoms with Crippen LogP contribution in [0.1, 0.15) is 35.9 Å². The van der Waals surface area contributed by atoms with Crippen molar-refractivity contribution in [1.82, 2.24) is 15.1 Å². The first-order valence-corrected chi connectivity index (χ1v) is 7.60. The van der Waals surface area contributed by atoms with Gasteiger partial charge in [-0.2, -0.15) is 5.10 Å². The predicted octanol–water partition coefficient (Wildman–Crippen LogP) is 3.23. The Morgan fingerprint density at radius 2 is 1.86 bits per heavy atom. The minimum absolute atomic E-state index is 0.199. The molecular formula is C17H24FN3. The summed E-state index contributed by atoms with van der Waals surface area (Å²) in [6, 6.07) is 6.62. The van der Waals surface area contributed by atoms with Crippen LogP contribution in [0.3, 0.4) is 0 Å². The second-order valence-electron chi connectivity index (χ2n) is 5.43. The molecule has 4 heteroatoms. The summed E-state index contributed by atoms with van der Waals surface area (Å²) in [5.74, 6) is -0.199. The quantitative estimate of drug-likeness (QED) is 0.793. The van der Waals surface area contributed by atoms with Crippen molar-refractivity contribution in [3.8, 4) is 0 Å². The smallest absolute Gasteiger partial charge is 0.123 e. The van der Waals surface area contributed by atoms with E-state index in [1.165, 1.54) is 23.4 Å². The van der Waals surface area contributed by atoms with Crippen LogP contribution in [0.4, 0.5) is 4.39 Å². The fourth-order valence-corrected chi connectivity index (χ4v) is 2.53. The van der Waals surface area contributed by atoms with Gasteiger partial charge in [0.05, 0.1) is 12.2 Å². The van der Waals surface area contributed by atoms with E-state index in [4.69, 9.17) is 0 Å². The second kappa shape index (κ2) is 7.36. The summed E-state index contributed by atoms with van der Waals surface area (Å²) in [6.07, 6.45) is 2.16. The summed E-state index contributed by atoms with van der Waals surface area (Å²) in [6.45, 7) is 9.07. The lowest BCUT2D eigenvalue weighted by Gasteiger charge is -2.06. The molecule has 1 aromatic heterocycles. The molecule has 0 fully saturated rings.